The van der Waals surface area contributed by atoms with Crippen LogP contribution in [0, 0.1) is 13.8 Å². The van der Waals surface area contributed by atoms with Crippen LogP contribution in [0.4, 0.5) is 0 Å². The lowest BCUT2D eigenvalue weighted by Gasteiger charge is -2.19. The Kier molecular flexibility index (Phi) is 6.55. The fourth-order valence-corrected chi connectivity index (χ4v) is 4.45. The van der Waals surface area contributed by atoms with Gasteiger partial charge >= 0.3 is 0 Å². The molecule has 0 saturated carbocycles. The van der Waals surface area contributed by atoms with E-state index in [0.29, 0.717) is 12.8 Å². The second-order valence-corrected chi connectivity index (χ2v) is 8.56. The van der Waals surface area contributed by atoms with Gasteiger partial charge < -0.3 is 9.88 Å². The number of aromatic nitrogens is 4. The lowest BCUT2D eigenvalue weighted by molar-refractivity contribution is -0.121. The van der Waals surface area contributed by atoms with E-state index in [-0.39, 0.29) is 11.9 Å². The quantitative estimate of drug-likeness (QED) is 0.334. The molecule has 0 fully saturated rings. The summed E-state index contributed by atoms with van der Waals surface area (Å²) in [5, 5.41) is 3.98. The molecule has 7 heteroatoms. The Morgan fingerprint density at radius 3 is 2.31 bits per heavy atom. The van der Waals surface area contributed by atoms with Crippen LogP contribution >= 0.6 is 11.8 Å². The molecular formula is C25H27N5OS. The van der Waals surface area contributed by atoms with Gasteiger partial charge in [-0.15, -0.1) is 0 Å². The second-order valence-electron chi connectivity index (χ2n) is 7.79. The summed E-state index contributed by atoms with van der Waals surface area (Å²) in [6.07, 6.45) is 2.92. The van der Waals surface area contributed by atoms with Crippen molar-refractivity contribution in [2.45, 2.75) is 37.9 Å². The molecule has 0 saturated heterocycles. The van der Waals surface area contributed by atoms with E-state index in [0.717, 1.165) is 44.5 Å². The van der Waals surface area contributed by atoms with E-state index in [9.17, 15) is 4.79 Å². The van der Waals surface area contributed by atoms with Gasteiger partial charge in [0.05, 0.1) is 11.0 Å². The first-order valence-electron chi connectivity index (χ1n) is 10.6. The number of amides is 1. The monoisotopic (exact) mass is 445 g/mol. The van der Waals surface area contributed by atoms with Crippen LogP contribution in [-0.2, 0) is 18.3 Å². The predicted octanol–water partition coefficient (Wildman–Crippen LogP) is 4.54. The van der Waals surface area contributed by atoms with Crippen LogP contribution in [0.2, 0.25) is 0 Å². The summed E-state index contributed by atoms with van der Waals surface area (Å²) >= 11 is 1.53. The molecule has 4 aromatic rings. The lowest BCUT2D eigenvalue weighted by Crippen LogP contribution is -2.31. The van der Waals surface area contributed by atoms with E-state index in [4.69, 9.17) is 4.98 Å². The predicted molar refractivity (Wildman–Crippen MR) is 129 cm³/mol. The Bertz CT molecular complexity index is 1230. The molecular weight excluding hydrogens is 418 g/mol. The van der Waals surface area contributed by atoms with Crippen molar-refractivity contribution in [3.63, 3.8) is 0 Å². The third-order valence-corrected chi connectivity index (χ3v) is 6.25. The van der Waals surface area contributed by atoms with Gasteiger partial charge in [0.25, 0.3) is 0 Å². The normalized spacial score (nSPS) is 12.1. The maximum absolute atomic E-state index is 13.1. The minimum absolute atomic E-state index is 0.0290. The number of hydrogen-bond acceptors (Lipinski definition) is 5. The van der Waals surface area contributed by atoms with Gasteiger partial charge in [0.2, 0.25) is 5.91 Å². The molecule has 1 atom stereocenters. The second kappa shape index (κ2) is 9.53. The molecule has 0 spiro atoms. The van der Waals surface area contributed by atoms with Crippen LogP contribution < -0.4 is 5.32 Å². The summed E-state index contributed by atoms with van der Waals surface area (Å²) in [5.41, 5.74) is 5.86. The third-order valence-electron chi connectivity index (χ3n) is 5.70. The van der Waals surface area contributed by atoms with Gasteiger partial charge in [-0.1, -0.05) is 54.2 Å². The summed E-state index contributed by atoms with van der Waals surface area (Å²) in [5.74, 6) is 0.782. The average Bonchev–Trinajstić information content (AvgIpc) is 3.13. The van der Waals surface area contributed by atoms with E-state index in [1.165, 1.54) is 11.8 Å². The fourth-order valence-electron chi connectivity index (χ4n) is 4.00. The highest BCUT2D eigenvalue weighted by Gasteiger charge is 2.23. The maximum atomic E-state index is 13.1. The first-order valence-corrected chi connectivity index (χ1v) is 11.8. The molecule has 164 valence electrons. The molecule has 4 rings (SSSR count). The van der Waals surface area contributed by atoms with E-state index in [1.807, 2.05) is 81.7 Å². The number of imidazole rings is 1. The van der Waals surface area contributed by atoms with Gasteiger partial charge in [0.1, 0.15) is 11.9 Å². The molecule has 0 aliphatic carbocycles. The van der Waals surface area contributed by atoms with Crippen molar-refractivity contribution in [3.05, 3.63) is 82.9 Å². The molecule has 32 heavy (non-hydrogen) atoms. The number of thioether (sulfide) groups is 1. The van der Waals surface area contributed by atoms with E-state index in [1.54, 1.807) is 0 Å². The SMILES string of the molecule is CSc1nc(C)c(CCC(=O)NC(c2ccccc2)c2nc3ccccc3n2C)c(C)n1. The van der Waals surface area contributed by atoms with Crippen LogP contribution in [0.3, 0.4) is 0 Å². The van der Waals surface area contributed by atoms with Crippen molar-refractivity contribution in [1.82, 2.24) is 24.8 Å². The maximum Gasteiger partial charge on any atom is 0.221 e. The zero-order valence-corrected chi connectivity index (χ0v) is 19.6. The molecule has 0 bridgehead atoms. The highest BCUT2D eigenvalue weighted by Crippen LogP contribution is 2.25. The largest absolute Gasteiger partial charge is 0.342 e. The van der Waals surface area contributed by atoms with Crippen LogP contribution in [0.1, 0.15) is 40.8 Å². The summed E-state index contributed by atoms with van der Waals surface area (Å²) in [7, 11) is 1.99. The number of rotatable bonds is 7. The first kappa shape index (κ1) is 22.0. The number of para-hydroxylation sites is 2. The molecule has 1 N–H and O–H groups in total. The van der Waals surface area contributed by atoms with Gasteiger partial charge in [-0.05, 0) is 49.8 Å². The topological polar surface area (TPSA) is 72.7 Å². The molecule has 0 aliphatic rings. The van der Waals surface area contributed by atoms with E-state index >= 15 is 0 Å². The number of fused-ring (bicyclic) bond motifs is 1. The number of nitrogens with zero attached hydrogens (tertiary/aromatic N) is 4. The van der Waals surface area contributed by atoms with Crippen molar-refractivity contribution in [2.24, 2.45) is 7.05 Å². The Morgan fingerprint density at radius 1 is 1.00 bits per heavy atom. The molecule has 2 aromatic heterocycles. The Hall–Kier alpha value is -3.19. The Morgan fingerprint density at radius 2 is 1.66 bits per heavy atom. The van der Waals surface area contributed by atoms with Gasteiger partial charge in [0.15, 0.2) is 5.16 Å². The van der Waals surface area contributed by atoms with Gasteiger partial charge in [-0.3, -0.25) is 4.79 Å². The lowest BCUT2D eigenvalue weighted by atomic mass is 10.0. The van der Waals surface area contributed by atoms with Gasteiger partial charge in [-0.2, -0.15) is 0 Å². The molecule has 1 unspecified atom stereocenters. The van der Waals surface area contributed by atoms with Crippen molar-refractivity contribution in [1.29, 1.82) is 0 Å². The van der Waals surface area contributed by atoms with Crippen LogP contribution in [-0.4, -0.2) is 31.7 Å². The van der Waals surface area contributed by atoms with Crippen molar-refractivity contribution >= 4 is 28.7 Å². The first-order chi connectivity index (χ1) is 15.5. The summed E-state index contributed by atoms with van der Waals surface area (Å²) in [6, 6.07) is 17.7. The highest BCUT2D eigenvalue weighted by atomic mass is 32.2. The van der Waals surface area contributed by atoms with Crippen molar-refractivity contribution in [3.8, 4) is 0 Å². The fraction of sp³-hybridized carbons (Fsp3) is 0.280. The van der Waals surface area contributed by atoms with Gasteiger partial charge in [0, 0.05) is 24.9 Å². The van der Waals surface area contributed by atoms with Gasteiger partial charge in [-0.25, -0.2) is 15.0 Å². The number of aryl methyl sites for hydroxylation is 3. The van der Waals surface area contributed by atoms with E-state index < -0.39 is 0 Å². The third kappa shape index (κ3) is 4.53. The number of hydrogen-bond donors (Lipinski definition) is 1. The standard InChI is InChI=1S/C25H27N5OS/c1-16-19(17(2)27-25(26-16)32-4)14-15-22(31)29-23(18-10-6-5-7-11-18)24-28-20-12-8-9-13-21(20)30(24)3/h5-13,23H,14-15H2,1-4H3,(H,29,31). The summed E-state index contributed by atoms with van der Waals surface area (Å²) in [6.45, 7) is 3.96. The number of carbonyl (C=O) groups is 1. The Balaban J connectivity index is 1.58. The minimum Gasteiger partial charge on any atom is -0.342 e. The number of carbonyl (C=O) groups excluding carboxylic acids is 1. The molecule has 6 nitrogen and oxygen atoms in total. The number of nitrogens with one attached hydrogen (secondary N) is 1. The molecule has 0 aliphatic heterocycles. The molecule has 0 radical (unpaired) electrons. The van der Waals surface area contributed by atoms with Crippen molar-refractivity contribution < 1.29 is 4.79 Å². The smallest absolute Gasteiger partial charge is 0.221 e. The molecule has 2 heterocycles. The zero-order chi connectivity index (χ0) is 22.7. The minimum atomic E-state index is -0.335. The number of benzene rings is 2. The highest BCUT2D eigenvalue weighted by molar-refractivity contribution is 7.98. The van der Waals surface area contributed by atoms with Crippen molar-refractivity contribution in [2.75, 3.05) is 6.26 Å². The Labute approximate surface area is 192 Å². The molecule has 1 amide bonds. The average molecular weight is 446 g/mol. The van der Waals surface area contributed by atoms with E-state index in [2.05, 4.69) is 19.9 Å². The van der Waals surface area contributed by atoms with Crippen LogP contribution in [0.25, 0.3) is 11.0 Å². The summed E-state index contributed by atoms with van der Waals surface area (Å²) in [4.78, 5) is 26.9. The van der Waals surface area contributed by atoms with Crippen LogP contribution in [0.5, 0.6) is 0 Å². The molecule has 2 aromatic carbocycles. The summed E-state index contributed by atoms with van der Waals surface area (Å²) < 4.78 is 2.05. The van der Waals surface area contributed by atoms with Crippen LogP contribution in [0.15, 0.2) is 59.8 Å². The zero-order valence-electron chi connectivity index (χ0n) is 18.8.